The van der Waals surface area contributed by atoms with E-state index in [1.807, 2.05) is 13.8 Å². The molecule has 4 rings (SSSR count). The first-order valence-corrected chi connectivity index (χ1v) is 21.9. The number of hydrogen-bond acceptors (Lipinski definition) is 12. The quantitative estimate of drug-likeness (QED) is 0.0957. The highest BCUT2D eigenvalue weighted by molar-refractivity contribution is 6.00. The molecular formula is C44H64FN11O9. The lowest BCUT2D eigenvalue weighted by molar-refractivity contribution is -0.136. The number of aliphatic hydroxyl groups is 1. The van der Waals surface area contributed by atoms with Crippen molar-refractivity contribution in [1.29, 1.82) is 0 Å². The van der Waals surface area contributed by atoms with Gasteiger partial charge in [-0.25, -0.2) is 4.39 Å². The highest BCUT2D eigenvalue weighted by Gasteiger charge is 2.61. The summed E-state index contributed by atoms with van der Waals surface area (Å²) in [6, 6.07) is 5.77. The van der Waals surface area contributed by atoms with Crippen LogP contribution in [0.15, 0.2) is 54.6 Å². The van der Waals surface area contributed by atoms with Gasteiger partial charge >= 0.3 is 0 Å². The van der Waals surface area contributed by atoms with Crippen LogP contribution in [0.1, 0.15) is 64.0 Å². The zero-order chi connectivity index (χ0) is 47.8. The van der Waals surface area contributed by atoms with Gasteiger partial charge in [0.1, 0.15) is 47.6 Å². The van der Waals surface area contributed by atoms with Crippen LogP contribution in [0, 0.1) is 17.7 Å². The zero-order valence-corrected chi connectivity index (χ0v) is 37.0. The maximum Gasteiger partial charge on any atom is 0.246 e. The fourth-order valence-electron chi connectivity index (χ4n) is 7.56. The van der Waals surface area contributed by atoms with E-state index in [0.717, 1.165) is 0 Å². The van der Waals surface area contributed by atoms with Crippen LogP contribution in [-0.4, -0.2) is 126 Å². The first-order valence-electron chi connectivity index (χ1n) is 21.9. The molecule has 2 aliphatic rings. The van der Waals surface area contributed by atoms with Crippen LogP contribution < -0.4 is 59.7 Å². The molecule has 1 heterocycles. The van der Waals surface area contributed by atoms with Crippen molar-refractivity contribution < 1.29 is 47.9 Å². The van der Waals surface area contributed by atoms with E-state index in [2.05, 4.69) is 42.5 Å². The second-order valence-corrected chi connectivity index (χ2v) is 17.0. The Morgan fingerprint density at radius 3 is 1.86 bits per heavy atom. The van der Waals surface area contributed by atoms with Gasteiger partial charge in [-0.2, -0.15) is 0 Å². The Bertz CT molecular complexity index is 1990. The number of carbonyl (C=O) groups is 8. The van der Waals surface area contributed by atoms with Crippen LogP contribution in [0.4, 0.5) is 4.39 Å². The van der Waals surface area contributed by atoms with Crippen molar-refractivity contribution in [3.8, 4) is 0 Å². The standard InChI is InChI=1S/C44H64FN11O9/c1-24(2)19-33-39(61)52-30(13-16-46)37(59)51-31(14-17-47)38(60)55-36(25(3)57)42(64)49-18-15-32(50-35(58)21-27-9-11-29(45)12-10-27)41(63)56-44(22-28(44)23-48)43(65)54-34(40(62)53-33)20-26-7-5-4-6-8-26/h4-12,24-25,28,30-34,36,57H,13-23,46-48H2,1-3H3,(H,49,64)(H,50,58)(H,51,59)(H,52,61)(H,53,62)(H,54,65)(H,55,60)(H,56,63)/t25-,28?,30+,31+,32+,33+,34-,36+,44?/m1/s1. The van der Waals surface area contributed by atoms with Gasteiger partial charge in [0, 0.05) is 18.9 Å². The predicted octanol–water partition coefficient (Wildman–Crippen LogP) is -3.00. The molecule has 9 atom stereocenters. The molecule has 356 valence electrons. The van der Waals surface area contributed by atoms with Gasteiger partial charge in [-0.05, 0) is 87.8 Å². The molecular weight excluding hydrogens is 846 g/mol. The second kappa shape index (κ2) is 24.3. The number of aliphatic hydroxyl groups excluding tert-OH is 1. The summed E-state index contributed by atoms with van der Waals surface area (Å²) >= 11 is 0. The monoisotopic (exact) mass is 909 g/mol. The molecule has 0 aromatic heterocycles. The molecule has 2 aromatic carbocycles. The van der Waals surface area contributed by atoms with E-state index in [9.17, 15) is 47.9 Å². The lowest BCUT2D eigenvalue weighted by atomic mass is 10.00. The fraction of sp³-hybridized carbons (Fsp3) is 0.545. The summed E-state index contributed by atoms with van der Waals surface area (Å²) in [7, 11) is 0. The Morgan fingerprint density at radius 1 is 0.738 bits per heavy atom. The Labute approximate surface area is 377 Å². The highest BCUT2D eigenvalue weighted by Crippen LogP contribution is 2.43. The van der Waals surface area contributed by atoms with Crippen molar-refractivity contribution in [2.45, 2.75) is 114 Å². The summed E-state index contributed by atoms with van der Waals surface area (Å²) in [6.45, 7) is 4.38. The van der Waals surface area contributed by atoms with E-state index in [4.69, 9.17) is 17.2 Å². The number of halogens is 1. The van der Waals surface area contributed by atoms with E-state index in [1.165, 1.54) is 31.2 Å². The molecule has 2 fully saturated rings. The van der Waals surface area contributed by atoms with Crippen LogP contribution in [0.3, 0.4) is 0 Å². The lowest BCUT2D eigenvalue weighted by Gasteiger charge is -2.28. The van der Waals surface area contributed by atoms with E-state index < -0.39 is 107 Å². The highest BCUT2D eigenvalue weighted by atomic mass is 19.1. The summed E-state index contributed by atoms with van der Waals surface area (Å²) in [6.07, 6.45) is -2.05. The van der Waals surface area contributed by atoms with Crippen molar-refractivity contribution in [1.82, 2.24) is 42.5 Å². The molecule has 1 aliphatic heterocycles. The molecule has 15 N–H and O–H groups in total. The Balaban J connectivity index is 1.76. The van der Waals surface area contributed by atoms with Gasteiger partial charge < -0.3 is 64.8 Å². The van der Waals surface area contributed by atoms with Gasteiger partial charge in [0.2, 0.25) is 47.3 Å². The average molecular weight is 910 g/mol. The number of nitrogens with two attached hydrogens (primary N) is 3. The van der Waals surface area contributed by atoms with Gasteiger partial charge in [0.15, 0.2) is 0 Å². The van der Waals surface area contributed by atoms with Crippen molar-refractivity contribution in [3.63, 3.8) is 0 Å². The molecule has 0 radical (unpaired) electrons. The molecule has 21 heteroatoms. The fourth-order valence-corrected chi connectivity index (χ4v) is 7.56. The number of amides is 8. The number of nitrogens with one attached hydrogen (secondary N) is 8. The Morgan fingerprint density at radius 2 is 1.31 bits per heavy atom. The van der Waals surface area contributed by atoms with Gasteiger partial charge in [-0.1, -0.05) is 56.3 Å². The molecule has 1 saturated heterocycles. The molecule has 0 bridgehead atoms. The van der Waals surface area contributed by atoms with E-state index in [1.54, 1.807) is 30.3 Å². The summed E-state index contributed by atoms with van der Waals surface area (Å²) in [4.78, 5) is 111. The van der Waals surface area contributed by atoms with Gasteiger partial charge in [-0.3, -0.25) is 38.4 Å². The van der Waals surface area contributed by atoms with Crippen molar-refractivity contribution in [2.24, 2.45) is 29.0 Å². The third-order valence-corrected chi connectivity index (χ3v) is 11.3. The molecule has 20 nitrogen and oxygen atoms in total. The number of benzene rings is 2. The van der Waals surface area contributed by atoms with Crippen LogP contribution in [0.2, 0.25) is 0 Å². The molecule has 1 aliphatic carbocycles. The van der Waals surface area contributed by atoms with Crippen molar-refractivity contribution in [2.75, 3.05) is 26.2 Å². The smallest absolute Gasteiger partial charge is 0.246 e. The van der Waals surface area contributed by atoms with Crippen molar-refractivity contribution in [3.05, 3.63) is 71.5 Å². The van der Waals surface area contributed by atoms with Crippen LogP contribution in [0.25, 0.3) is 0 Å². The maximum atomic E-state index is 14.4. The minimum atomic E-state index is -1.64. The zero-order valence-electron chi connectivity index (χ0n) is 37.0. The van der Waals surface area contributed by atoms with E-state index >= 15 is 0 Å². The average Bonchev–Trinajstić information content (AvgIpc) is 3.98. The van der Waals surface area contributed by atoms with Gasteiger partial charge in [0.25, 0.3) is 0 Å². The molecule has 8 amide bonds. The molecule has 2 unspecified atom stereocenters. The van der Waals surface area contributed by atoms with Gasteiger partial charge in [-0.15, -0.1) is 0 Å². The van der Waals surface area contributed by atoms with E-state index in [0.29, 0.717) is 11.1 Å². The molecule has 65 heavy (non-hydrogen) atoms. The molecule has 1 spiro atoms. The number of carbonyl (C=O) groups excluding carboxylic acids is 8. The molecule has 1 saturated carbocycles. The van der Waals surface area contributed by atoms with Crippen LogP contribution in [-0.2, 0) is 51.2 Å². The largest absolute Gasteiger partial charge is 0.391 e. The predicted molar refractivity (Wildman–Crippen MR) is 236 cm³/mol. The Kier molecular flexibility index (Phi) is 19.3. The second-order valence-electron chi connectivity index (χ2n) is 17.0. The first kappa shape index (κ1) is 51.6. The normalized spacial score (nSPS) is 27.0. The first-order chi connectivity index (χ1) is 30.9. The summed E-state index contributed by atoms with van der Waals surface area (Å²) in [5, 5.41) is 31.7. The van der Waals surface area contributed by atoms with Crippen LogP contribution >= 0.6 is 0 Å². The third-order valence-electron chi connectivity index (χ3n) is 11.3. The maximum absolute atomic E-state index is 14.4. The Hall–Kier alpha value is -6.03. The number of rotatable bonds is 13. The minimum absolute atomic E-state index is 0.0379. The third kappa shape index (κ3) is 15.0. The SMILES string of the molecule is CC(C)C[C@@H]1NC(=O)[C@@H](Cc2ccccc2)NC(=O)C2(CC2CN)NC(=O)[C@@H](NC(=O)Cc2ccc(F)cc2)CCNC(=O)[C@H]([C@@H](C)O)NC(=O)[C@H](CCN)NC(=O)[C@H](CCN)NC1=O. The van der Waals surface area contributed by atoms with Gasteiger partial charge in [0.05, 0.1) is 12.5 Å². The summed E-state index contributed by atoms with van der Waals surface area (Å²) in [5.41, 5.74) is 17.1. The number of hydrogen-bond donors (Lipinski definition) is 12. The van der Waals surface area contributed by atoms with Crippen LogP contribution in [0.5, 0.6) is 0 Å². The summed E-state index contributed by atoms with van der Waals surface area (Å²) < 4.78 is 13.6. The minimum Gasteiger partial charge on any atom is -0.391 e. The topological polar surface area (TPSA) is 331 Å². The van der Waals surface area contributed by atoms with E-state index in [-0.39, 0.29) is 77.0 Å². The lowest BCUT2D eigenvalue weighted by Crippen LogP contribution is -2.61. The van der Waals surface area contributed by atoms with Crippen molar-refractivity contribution >= 4 is 47.3 Å². The molecule has 2 aromatic rings. The summed E-state index contributed by atoms with van der Waals surface area (Å²) in [5.74, 6) is -7.60.